The second-order valence-corrected chi connectivity index (χ2v) is 5.62. The molecular weight excluding hydrogens is 258 g/mol. The van der Waals surface area contributed by atoms with Crippen LogP contribution in [0.4, 0.5) is 0 Å². The summed E-state index contributed by atoms with van der Waals surface area (Å²) in [7, 11) is 0. The van der Waals surface area contributed by atoms with E-state index >= 15 is 0 Å². The van der Waals surface area contributed by atoms with E-state index in [9.17, 15) is 4.79 Å². The van der Waals surface area contributed by atoms with Gasteiger partial charge < -0.3 is 9.64 Å². The fourth-order valence-electron chi connectivity index (χ4n) is 1.65. The van der Waals surface area contributed by atoms with E-state index in [1.54, 1.807) is 0 Å². The Kier molecular flexibility index (Phi) is 4.59. The molecule has 3 nitrogen and oxygen atoms in total. The van der Waals surface area contributed by atoms with Crippen LogP contribution >= 0.6 is 15.9 Å². The van der Waals surface area contributed by atoms with Gasteiger partial charge in [-0.05, 0) is 19.8 Å². The highest BCUT2D eigenvalue weighted by Gasteiger charge is 2.31. The van der Waals surface area contributed by atoms with E-state index in [0.717, 1.165) is 0 Å². The summed E-state index contributed by atoms with van der Waals surface area (Å²) in [6.07, 6.45) is 0.150. The second kappa shape index (κ2) is 5.30. The van der Waals surface area contributed by atoms with Crippen LogP contribution in [0.25, 0.3) is 0 Å². The Hall–Kier alpha value is -0.0900. The van der Waals surface area contributed by atoms with Crippen molar-refractivity contribution in [2.75, 3.05) is 13.2 Å². The number of carbonyl (C=O) groups is 1. The SMILES string of the molecule is CC1CN(C(=O)C(Br)C(C)C)C(C)CO1. The van der Waals surface area contributed by atoms with Crippen molar-refractivity contribution in [2.24, 2.45) is 5.92 Å². The average Bonchev–Trinajstić information content (AvgIpc) is 2.19. The number of hydrogen-bond acceptors (Lipinski definition) is 2. The third-order valence-electron chi connectivity index (χ3n) is 2.71. The van der Waals surface area contributed by atoms with Gasteiger partial charge in [-0.25, -0.2) is 0 Å². The molecule has 1 aliphatic rings. The zero-order valence-corrected chi connectivity index (χ0v) is 11.5. The molecule has 0 N–H and O–H groups in total. The molecule has 1 heterocycles. The van der Waals surface area contributed by atoms with Gasteiger partial charge in [-0.3, -0.25) is 4.79 Å². The van der Waals surface area contributed by atoms with Crippen molar-refractivity contribution in [3.8, 4) is 0 Å². The Morgan fingerprint density at radius 3 is 2.60 bits per heavy atom. The molecule has 0 bridgehead atoms. The lowest BCUT2D eigenvalue weighted by Gasteiger charge is -2.38. The minimum atomic E-state index is -0.0785. The summed E-state index contributed by atoms with van der Waals surface area (Å²) in [6.45, 7) is 9.48. The van der Waals surface area contributed by atoms with Gasteiger partial charge in [0.05, 0.1) is 23.6 Å². The van der Waals surface area contributed by atoms with Crippen molar-refractivity contribution in [2.45, 2.75) is 44.7 Å². The van der Waals surface area contributed by atoms with Crippen molar-refractivity contribution in [1.29, 1.82) is 0 Å². The molecule has 0 radical (unpaired) electrons. The molecule has 1 aliphatic heterocycles. The van der Waals surface area contributed by atoms with Gasteiger partial charge in [-0.15, -0.1) is 0 Å². The molecule has 0 saturated carbocycles. The third kappa shape index (κ3) is 3.18. The average molecular weight is 278 g/mol. The fourth-order valence-corrected chi connectivity index (χ4v) is 1.92. The molecule has 0 aliphatic carbocycles. The Morgan fingerprint density at radius 2 is 2.07 bits per heavy atom. The number of alkyl halides is 1. The lowest BCUT2D eigenvalue weighted by atomic mass is 10.1. The fraction of sp³-hybridized carbons (Fsp3) is 0.909. The van der Waals surface area contributed by atoms with Crippen molar-refractivity contribution < 1.29 is 9.53 Å². The normalized spacial score (nSPS) is 29.3. The molecule has 1 fully saturated rings. The van der Waals surface area contributed by atoms with Gasteiger partial charge >= 0.3 is 0 Å². The zero-order chi connectivity index (χ0) is 11.6. The molecule has 0 aromatic carbocycles. The number of morpholine rings is 1. The number of hydrogen-bond donors (Lipinski definition) is 0. The molecule has 0 aromatic rings. The molecule has 4 heteroatoms. The molecule has 15 heavy (non-hydrogen) atoms. The number of ether oxygens (including phenoxy) is 1. The number of amides is 1. The van der Waals surface area contributed by atoms with Gasteiger partial charge in [0.15, 0.2) is 0 Å². The second-order valence-electron chi connectivity index (χ2n) is 4.63. The number of rotatable bonds is 2. The van der Waals surface area contributed by atoms with Gasteiger partial charge in [0.1, 0.15) is 0 Å². The monoisotopic (exact) mass is 277 g/mol. The first-order valence-electron chi connectivity index (χ1n) is 5.49. The molecule has 1 saturated heterocycles. The van der Waals surface area contributed by atoms with Gasteiger partial charge in [0.2, 0.25) is 5.91 Å². The number of nitrogens with zero attached hydrogens (tertiary/aromatic N) is 1. The van der Waals surface area contributed by atoms with Gasteiger partial charge in [0, 0.05) is 6.54 Å². The molecule has 3 atom stereocenters. The summed E-state index contributed by atoms with van der Waals surface area (Å²) in [5, 5.41) is 0. The maximum absolute atomic E-state index is 12.1. The predicted molar refractivity (Wildman–Crippen MR) is 64.1 cm³/mol. The van der Waals surface area contributed by atoms with Gasteiger partial charge in [-0.1, -0.05) is 29.8 Å². The molecule has 0 spiro atoms. The van der Waals surface area contributed by atoms with Crippen LogP contribution in [0, 0.1) is 5.92 Å². The van der Waals surface area contributed by atoms with Crippen LogP contribution in [0.15, 0.2) is 0 Å². The van der Waals surface area contributed by atoms with Crippen molar-refractivity contribution in [3.63, 3.8) is 0 Å². The lowest BCUT2D eigenvalue weighted by Crippen LogP contribution is -2.53. The molecule has 1 rings (SSSR count). The molecule has 88 valence electrons. The van der Waals surface area contributed by atoms with E-state index < -0.39 is 0 Å². The van der Waals surface area contributed by atoms with Crippen molar-refractivity contribution in [1.82, 2.24) is 4.90 Å². The van der Waals surface area contributed by atoms with E-state index in [2.05, 4.69) is 15.9 Å². The molecular formula is C11H20BrNO2. The summed E-state index contributed by atoms with van der Waals surface area (Å²) < 4.78 is 5.50. The summed E-state index contributed by atoms with van der Waals surface area (Å²) in [6, 6.07) is 0.187. The lowest BCUT2D eigenvalue weighted by molar-refractivity contribution is -0.143. The highest BCUT2D eigenvalue weighted by Crippen LogP contribution is 2.19. The van der Waals surface area contributed by atoms with E-state index in [4.69, 9.17) is 4.74 Å². The van der Waals surface area contributed by atoms with Gasteiger partial charge in [-0.2, -0.15) is 0 Å². The summed E-state index contributed by atoms with van der Waals surface area (Å²) in [5.74, 6) is 0.510. The minimum absolute atomic E-state index is 0.0785. The van der Waals surface area contributed by atoms with E-state index in [1.807, 2.05) is 32.6 Å². The maximum atomic E-state index is 12.1. The summed E-state index contributed by atoms with van der Waals surface area (Å²) >= 11 is 3.46. The summed E-state index contributed by atoms with van der Waals surface area (Å²) in [5.41, 5.74) is 0. The Bertz CT molecular complexity index is 233. The van der Waals surface area contributed by atoms with Crippen molar-refractivity contribution >= 4 is 21.8 Å². The van der Waals surface area contributed by atoms with Crippen LogP contribution in [-0.4, -0.2) is 40.9 Å². The Balaban J connectivity index is 2.64. The zero-order valence-electron chi connectivity index (χ0n) is 9.87. The first-order chi connectivity index (χ1) is 6.93. The number of halogens is 1. The largest absolute Gasteiger partial charge is 0.375 e. The molecule has 0 aromatic heterocycles. The standard InChI is InChI=1S/C11H20BrNO2/c1-7(2)10(12)11(14)13-5-9(4)15-6-8(13)3/h7-10H,5-6H2,1-4H3. The number of carbonyl (C=O) groups excluding carboxylic acids is 1. The van der Waals surface area contributed by atoms with Crippen LogP contribution in [0.2, 0.25) is 0 Å². The topological polar surface area (TPSA) is 29.5 Å². The van der Waals surface area contributed by atoms with Crippen LogP contribution in [-0.2, 0) is 9.53 Å². The Morgan fingerprint density at radius 1 is 1.47 bits per heavy atom. The smallest absolute Gasteiger partial charge is 0.237 e. The van der Waals surface area contributed by atoms with Gasteiger partial charge in [0.25, 0.3) is 0 Å². The highest BCUT2D eigenvalue weighted by atomic mass is 79.9. The highest BCUT2D eigenvalue weighted by molar-refractivity contribution is 9.10. The summed E-state index contributed by atoms with van der Waals surface area (Å²) in [4.78, 5) is 14.0. The van der Waals surface area contributed by atoms with E-state index in [0.29, 0.717) is 19.1 Å². The van der Waals surface area contributed by atoms with Crippen LogP contribution in [0.3, 0.4) is 0 Å². The van der Waals surface area contributed by atoms with E-state index in [1.165, 1.54) is 0 Å². The first-order valence-corrected chi connectivity index (χ1v) is 6.41. The van der Waals surface area contributed by atoms with E-state index in [-0.39, 0.29) is 22.9 Å². The molecule has 1 amide bonds. The first kappa shape index (κ1) is 13.0. The quantitative estimate of drug-likeness (QED) is 0.723. The third-order valence-corrected chi connectivity index (χ3v) is 4.16. The Labute approximate surface area is 100 Å². The molecule has 3 unspecified atom stereocenters. The van der Waals surface area contributed by atoms with Crippen LogP contribution in [0.5, 0.6) is 0 Å². The maximum Gasteiger partial charge on any atom is 0.237 e. The van der Waals surface area contributed by atoms with Crippen LogP contribution in [0.1, 0.15) is 27.7 Å². The minimum Gasteiger partial charge on any atom is -0.375 e. The van der Waals surface area contributed by atoms with Crippen molar-refractivity contribution in [3.05, 3.63) is 0 Å². The van der Waals surface area contributed by atoms with Crippen LogP contribution < -0.4 is 0 Å². The predicted octanol–water partition coefficient (Wildman–Crippen LogP) is 2.04.